The number of ether oxygens (including phenoxy) is 1. The van der Waals surface area contributed by atoms with Crippen molar-refractivity contribution in [3.8, 4) is 5.75 Å². The van der Waals surface area contributed by atoms with Crippen molar-refractivity contribution in [1.82, 2.24) is 0 Å². The van der Waals surface area contributed by atoms with E-state index in [1.54, 1.807) is 0 Å². The van der Waals surface area contributed by atoms with E-state index in [0.29, 0.717) is 6.42 Å². The highest BCUT2D eigenvalue weighted by atomic mass is 19.2. The number of aromatic carboxylic acids is 1. The Morgan fingerprint density at radius 3 is 2.60 bits per heavy atom. The molecule has 3 nitrogen and oxygen atoms in total. The summed E-state index contributed by atoms with van der Waals surface area (Å²) in [5.74, 6) is -4.42. The second-order valence-corrected chi connectivity index (χ2v) is 2.89. The second-order valence-electron chi connectivity index (χ2n) is 2.89. The van der Waals surface area contributed by atoms with Crippen molar-refractivity contribution in [1.29, 1.82) is 0 Å². The van der Waals surface area contributed by atoms with E-state index < -0.39 is 23.2 Å². The standard InChI is InChI=1S/C10H10F2O3/c1-2-5-15-7-4-3-6(10(13)14)8(11)9(7)12/h3-4H,2,5H2,1H3,(H,13,14). The van der Waals surface area contributed by atoms with Crippen molar-refractivity contribution < 1.29 is 23.4 Å². The zero-order valence-corrected chi connectivity index (χ0v) is 8.09. The summed E-state index contributed by atoms with van der Waals surface area (Å²) in [6.07, 6.45) is 0.655. The van der Waals surface area contributed by atoms with Gasteiger partial charge >= 0.3 is 5.97 Å². The lowest BCUT2D eigenvalue weighted by molar-refractivity contribution is 0.0690. The molecule has 0 aliphatic heterocycles. The fourth-order valence-corrected chi connectivity index (χ4v) is 1.02. The Kier molecular flexibility index (Phi) is 3.60. The van der Waals surface area contributed by atoms with Crippen LogP contribution in [-0.4, -0.2) is 17.7 Å². The SMILES string of the molecule is CCCOc1ccc(C(=O)O)c(F)c1F. The van der Waals surface area contributed by atoms with Gasteiger partial charge in [-0.3, -0.25) is 0 Å². The Hall–Kier alpha value is -1.65. The van der Waals surface area contributed by atoms with Gasteiger partial charge < -0.3 is 9.84 Å². The van der Waals surface area contributed by atoms with Gasteiger partial charge in [0.05, 0.1) is 12.2 Å². The van der Waals surface area contributed by atoms with Crippen molar-refractivity contribution in [2.45, 2.75) is 13.3 Å². The van der Waals surface area contributed by atoms with Gasteiger partial charge in [0, 0.05) is 0 Å². The van der Waals surface area contributed by atoms with Crippen LogP contribution >= 0.6 is 0 Å². The van der Waals surface area contributed by atoms with Crippen LogP contribution in [0.1, 0.15) is 23.7 Å². The Morgan fingerprint density at radius 1 is 1.40 bits per heavy atom. The smallest absolute Gasteiger partial charge is 0.338 e. The van der Waals surface area contributed by atoms with Gasteiger partial charge in [0.2, 0.25) is 5.82 Å². The summed E-state index contributed by atoms with van der Waals surface area (Å²) in [4.78, 5) is 10.5. The van der Waals surface area contributed by atoms with Crippen LogP contribution < -0.4 is 4.74 Å². The van der Waals surface area contributed by atoms with Gasteiger partial charge in [-0.1, -0.05) is 6.92 Å². The normalized spacial score (nSPS) is 10.1. The molecule has 1 rings (SSSR count). The lowest BCUT2D eigenvalue weighted by Gasteiger charge is -2.07. The molecule has 0 spiro atoms. The maximum absolute atomic E-state index is 13.2. The fraction of sp³-hybridized carbons (Fsp3) is 0.300. The molecule has 0 radical (unpaired) electrons. The van der Waals surface area contributed by atoms with E-state index in [9.17, 15) is 13.6 Å². The molecular formula is C10H10F2O3. The first-order valence-corrected chi connectivity index (χ1v) is 4.42. The zero-order valence-electron chi connectivity index (χ0n) is 8.09. The topological polar surface area (TPSA) is 46.5 Å². The third-order valence-corrected chi connectivity index (χ3v) is 1.74. The molecule has 0 fully saturated rings. The summed E-state index contributed by atoms with van der Waals surface area (Å²) < 4.78 is 31.2. The first-order chi connectivity index (χ1) is 7.07. The van der Waals surface area contributed by atoms with E-state index in [2.05, 4.69) is 0 Å². The van der Waals surface area contributed by atoms with E-state index in [1.807, 2.05) is 6.92 Å². The van der Waals surface area contributed by atoms with Gasteiger partial charge in [-0.25, -0.2) is 9.18 Å². The van der Waals surface area contributed by atoms with Gasteiger partial charge in [0.1, 0.15) is 0 Å². The predicted octanol–water partition coefficient (Wildman–Crippen LogP) is 2.45. The highest BCUT2D eigenvalue weighted by Gasteiger charge is 2.18. The predicted molar refractivity (Wildman–Crippen MR) is 49.1 cm³/mol. The molecule has 0 bridgehead atoms. The molecule has 0 saturated heterocycles. The highest BCUT2D eigenvalue weighted by molar-refractivity contribution is 5.88. The number of hydrogen-bond acceptors (Lipinski definition) is 2. The second kappa shape index (κ2) is 4.72. The van der Waals surface area contributed by atoms with Gasteiger partial charge in [0.15, 0.2) is 11.6 Å². The fourth-order valence-electron chi connectivity index (χ4n) is 1.02. The van der Waals surface area contributed by atoms with Gasteiger partial charge in [0.25, 0.3) is 0 Å². The maximum atomic E-state index is 13.2. The van der Waals surface area contributed by atoms with Gasteiger partial charge in [-0.15, -0.1) is 0 Å². The molecule has 5 heteroatoms. The Balaban J connectivity index is 3.04. The van der Waals surface area contributed by atoms with Crippen molar-refractivity contribution in [3.63, 3.8) is 0 Å². The largest absolute Gasteiger partial charge is 0.490 e. The van der Waals surface area contributed by atoms with Crippen LogP contribution in [0.15, 0.2) is 12.1 Å². The Morgan fingerprint density at radius 2 is 2.07 bits per heavy atom. The first kappa shape index (κ1) is 11.4. The van der Waals surface area contributed by atoms with E-state index in [4.69, 9.17) is 9.84 Å². The quantitative estimate of drug-likeness (QED) is 0.840. The Bertz CT molecular complexity index is 377. The molecule has 0 atom stereocenters. The lowest BCUT2D eigenvalue weighted by Crippen LogP contribution is -2.05. The van der Waals surface area contributed by atoms with Crippen molar-refractivity contribution in [2.24, 2.45) is 0 Å². The van der Waals surface area contributed by atoms with Crippen molar-refractivity contribution in [3.05, 3.63) is 29.3 Å². The van der Waals surface area contributed by atoms with Crippen LogP contribution in [-0.2, 0) is 0 Å². The van der Waals surface area contributed by atoms with E-state index >= 15 is 0 Å². The van der Waals surface area contributed by atoms with Crippen LogP contribution in [0.5, 0.6) is 5.75 Å². The molecule has 0 saturated carbocycles. The summed E-state index contributed by atoms with van der Waals surface area (Å²) in [6.45, 7) is 2.07. The first-order valence-electron chi connectivity index (χ1n) is 4.42. The summed E-state index contributed by atoms with van der Waals surface area (Å²) in [5, 5.41) is 8.51. The molecule has 0 aliphatic rings. The molecule has 15 heavy (non-hydrogen) atoms. The van der Waals surface area contributed by atoms with Crippen LogP contribution in [0.3, 0.4) is 0 Å². The average Bonchev–Trinajstić information content (AvgIpc) is 2.20. The van der Waals surface area contributed by atoms with E-state index in [0.717, 1.165) is 12.1 Å². The van der Waals surface area contributed by atoms with E-state index in [-0.39, 0.29) is 12.4 Å². The number of carbonyl (C=O) groups is 1. The molecular weight excluding hydrogens is 206 g/mol. The minimum absolute atomic E-state index is 0.253. The monoisotopic (exact) mass is 216 g/mol. The number of benzene rings is 1. The van der Waals surface area contributed by atoms with Crippen LogP contribution in [0, 0.1) is 11.6 Å². The molecule has 0 heterocycles. The van der Waals surface area contributed by atoms with Crippen molar-refractivity contribution in [2.75, 3.05) is 6.61 Å². The zero-order chi connectivity index (χ0) is 11.4. The van der Waals surface area contributed by atoms with Gasteiger partial charge in [-0.2, -0.15) is 4.39 Å². The molecule has 1 aromatic carbocycles. The van der Waals surface area contributed by atoms with Crippen LogP contribution in [0.25, 0.3) is 0 Å². The Labute approximate surface area is 85.3 Å². The molecule has 0 aliphatic carbocycles. The summed E-state index contributed by atoms with van der Waals surface area (Å²) in [6, 6.07) is 2.09. The minimum Gasteiger partial charge on any atom is -0.490 e. The molecule has 82 valence electrons. The number of carboxylic acid groups (broad SMARTS) is 1. The van der Waals surface area contributed by atoms with Crippen LogP contribution in [0.2, 0.25) is 0 Å². The third-order valence-electron chi connectivity index (χ3n) is 1.74. The molecule has 0 unspecified atom stereocenters. The number of halogens is 2. The highest BCUT2D eigenvalue weighted by Crippen LogP contribution is 2.22. The minimum atomic E-state index is -1.51. The average molecular weight is 216 g/mol. The van der Waals surface area contributed by atoms with Crippen molar-refractivity contribution >= 4 is 5.97 Å². The molecule has 0 aromatic heterocycles. The summed E-state index contributed by atoms with van der Waals surface area (Å²) in [7, 11) is 0. The number of hydrogen-bond donors (Lipinski definition) is 1. The summed E-state index contributed by atoms with van der Waals surface area (Å²) in [5.41, 5.74) is -0.698. The molecule has 0 amide bonds. The maximum Gasteiger partial charge on any atom is 0.338 e. The van der Waals surface area contributed by atoms with Crippen LogP contribution in [0.4, 0.5) is 8.78 Å². The van der Waals surface area contributed by atoms with E-state index in [1.165, 1.54) is 0 Å². The lowest BCUT2D eigenvalue weighted by atomic mass is 10.2. The number of carboxylic acids is 1. The molecule has 1 aromatic rings. The molecule has 1 N–H and O–H groups in total. The third kappa shape index (κ3) is 2.43. The van der Waals surface area contributed by atoms with Gasteiger partial charge in [-0.05, 0) is 18.6 Å². The number of rotatable bonds is 4. The summed E-state index contributed by atoms with van der Waals surface area (Å²) >= 11 is 0.